The molecule has 1 aromatic carbocycles. The van der Waals surface area contributed by atoms with Crippen molar-refractivity contribution in [3.05, 3.63) is 35.9 Å². The summed E-state index contributed by atoms with van der Waals surface area (Å²) in [7, 11) is 0. The van der Waals surface area contributed by atoms with Crippen LogP contribution >= 0.6 is 35.7 Å². The van der Waals surface area contributed by atoms with Gasteiger partial charge in [0.1, 0.15) is 0 Å². The molecule has 0 radical (unpaired) electrons. The minimum atomic E-state index is -0.613. The quantitative estimate of drug-likeness (QED) is 0.335. The Morgan fingerprint density at radius 2 is 1.96 bits per heavy atom. The zero-order chi connectivity index (χ0) is 17.5. The summed E-state index contributed by atoms with van der Waals surface area (Å²) in [5.74, 6) is 3.39. The molecule has 4 nitrogen and oxygen atoms in total. The van der Waals surface area contributed by atoms with E-state index in [0.717, 1.165) is 30.4 Å². The van der Waals surface area contributed by atoms with E-state index in [1.165, 1.54) is 31.2 Å². The molecule has 2 aliphatic rings. The topological polar surface area (TPSA) is 56.7 Å². The Morgan fingerprint density at radius 1 is 1.23 bits per heavy atom. The summed E-state index contributed by atoms with van der Waals surface area (Å²) < 4.78 is 0. The fourth-order valence-corrected chi connectivity index (χ4v) is 5.04. The van der Waals surface area contributed by atoms with Gasteiger partial charge in [-0.2, -0.15) is 11.8 Å². The molecule has 0 spiro atoms. The molecule has 1 saturated carbocycles. The van der Waals surface area contributed by atoms with Crippen LogP contribution in [-0.4, -0.2) is 47.3 Å². The Hall–Kier alpha value is -0.470. The van der Waals surface area contributed by atoms with E-state index in [1.807, 2.05) is 11.8 Å². The summed E-state index contributed by atoms with van der Waals surface area (Å²) in [5.41, 5.74) is 0.861. The van der Waals surface area contributed by atoms with Crippen molar-refractivity contribution < 1.29 is 5.11 Å². The molecule has 3 N–H and O–H groups in total. The molecule has 26 heavy (non-hydrogen) atoms. The Bertz CT molecular complexity index is 555. The van der Waals surface area contributed by atoms with Crippen molar-refractivity contribution >= 4 is 41.7 Å². The van der Waals surface area contributed by atoms with Gasteiger partial charge in [0.15, 0.2) is 5.96 Å². The fraction of sp³-hybridized carbons (Fsp3) is 0.650. The molecule has 0 aromatic heterocycles. The van der Waals surface area contributed by atoms with Crippen LogP contribution in [0.2, 0.25) is 0 Å². The molecule has 1 aromatic rings. The maximum absolute atomic E-state index is 10.5. The van der Waals surface area contributed by atoms with Crippen LogP contribution in [0.5, 0.6) is 0 Å². The van der Waals surface area contributed by atoms with Crippen LogP contribution in [0.3, 0.4) is 0 Å². The predicted octanol–water partition coefficient (Wildman–Crippen LogP) is 3.75. The van der Waals surface area contributed by atoms with E-state index >= 15 is 0 Å². The predicted molar refractivity (Wildman–Crippen MR) is 123 cm³/mol. The van der Waals surface area contributed by atoms with E-state index < -0.39 is 5.60 Å². The number of nitrogens with zero attached hydrogens (tertiary/aromatic N) is 1. The van der Waals surface area contributed by atoms with E-state index in [-0.39, 0.29) is 24.0 Å². The van der Waals surface area contributed by atoms with Crippen LogP contribution in [-0.2, 0) is 0 Å². The molecule has 1 saturated heterocycles. The first-order chi connectivity index (χ1) is 12.2. The number of halogens is 1. The molecule has 1 atom stereocenters. The Balaban J connectivity index is 0.00000243. The van der Waals surface area contributed by atoms with E-state index in [9.17, 15) is 5.11 Å². The number of guanidine groups is 1. The second-order valence-electron chi connectivity index (χ2n) is 7.33. The van der Waals surface area contributed by atoms with E-state index in [2.05, 4.69) is 52.9 Å². The molecule has 1 unspecified atom stereocenters. The maximum atomic E-state index is 10.5. The van der Waals surface area contributed by atoms with Crippen molar-refractivity contribution in [2.45, 2.75) is 56.6 Å². The normalized spacial score (nSPS) is 29.1. The van der Waals surface area contributed by atoms with Crippen LogP contribution in [0.25, 0.3) is 0 Å². The lowest BCUT2D eigenvalue weighted by molar-refractivity contribution is 0.0778. The molecule has 1 heterocycles. The van der Waals surface area contributed by atoms with Gasteiger partial charge in [0.25, 0.3) is 0 Å². The number of benzene rings is 1. The van der Waals surface area contributed by atoms with Gasteiger partial charge in [-0.3, -0.25) is 4.99 Å². The molecule has 6 heteroatoms. The highest BCUT2D eigenvalue weighted by Gasteiger charge is 2.31. The lowest BCUT2D eigenvalue weighted by Gasteiger charge is -2.30. The van der Waals surface area contributed by atoms with Gasteiger partial charge in [-0.15, -0.1) is 24.0 Å². The summed E-state index contributed by atoms with van der Waals surface area (Å²) in [4.78, 5) is 4.67. The minimum absolute atomic E-state index is 0. The second-order valence-corrected chi connectivity index (χ2v) is 8.43. The van der Waals surface area contributed by atoms with Gasteiger partial charge in [0.05, 0.1) is 12.1 Å². The molecule has 0 amide bonds. The highest BCUT2D eigenvalue weighted by molar-refractivity contribution is 14.0. The second kappa shape index (κ2) is 10.8. The van der Waals surface area contributed by atoms with E-state index in [0.29, 0.717) is 18.5 Å². The molecular formula is C20H32IN3OS. The van der Waals surface area contributed by atoms with Crippen molar-refractivity contribution in [1.29, 1.82) is 0 Å². The van der Waals surface area contributed by atoms with Crippen LogP contribution in [0.15, 0.2) is 35.3 Å². The Labute approximate surface area is 179 Å². The zero-order valence-corrected chi connectivity index (χ0v) is 18.8. The van der Waals surface area contributed by atoms with Crippen molar-refractivity contribution in [3.8, 4) is 0 Å². The fourth-order valence-electron chi connectivity index (χ4n) is 3.76. The first-order valence-corrected chi connectivity index (χ1v) is 10.7. The number of hydrogen-bond acceptors (Lipinski definition) is 3. The number of hydrogen-bond donors (Lipinski definition) is 3. The summed E-state index contributed by atoms with van der Waals surface area (Å²) >= 11 is 1.82. The van der Waals surface area contributed by atoms with Gasteiger partial charge in [-0.05, 0) is 56.3 Å². The molecule has 1 aliphatic heterocycles. The highest BCUT2D eigenvalue weighted by atomic mass is 127. The number of aliphatic imine (C=N–C) groups is 1. The molecule has 0 bridgehead atoms. The Kier molecular flexibility index (Phi) is 9.03. The molecule has 146 valence electrons. The average Bonchev–Trinajstić information content (AvgIpc) is 3.08. The first kappa shape index (κ1) is 21.8. The smallest absolute Gasteiger partial charge is 0.191 e. The van der Waals surface area contributed by atoms with E-state index in [4.69, 9.17) is 0 Å². The number of thioether (sulfide) groups is 1. The molecular weight excluding hydrogens is 457 g/mol. The van der Waals surface area contributed by atoms with Crippen molar-refractivity contribution in [2.24, 2.45) is 4.99 Å². The summed E-state index contributed by atoms with van der Waals surface area (Å²) in [6, 6.07) is 11.4. The Morgan fingerprint density at radius 3 is 2.58 bits per heavy atom. The molecule has 1 aliphatic carbocycles. The largest absolute Gasteiger partial charge is 0.387 e. The molecule has 2 fully saturated rings. The summed E-state index contributed by atoms with van der Waals surface area (Å²) in [6.45, 7) is 3.43. The SMILES string of the molecule is CCNC(=NCC1(O)CCSC1)NC1CCC(c2ccccc2)CC1.I. The van der Waals surface area contributed by atoms with Gasteiger partial charge < -0.3 is 15.7 Å². The monoisotopic (exact) mass is 489 g/mol. The number of aliphatic hydroxyl groups is 1. The first-order valence-electron chi connectivity index (χ1n) is 9.58. The number of rotatable bonds is 5. The third-order valence-corrected chi connectivity index (χ3v) is 6.53. The average molecular weight is 489 g/mol. The van der Waals surface area contributed by atoms with Gasteiger partial charge in [-0.1, -0.05) is 30.3 Å². The van der Waals surface area contributed by atoms with E-state index in [1.54, 1.807) is 0 Å². The van der Waals surface area contributed by atoms with Crippen LogP contribution in [0, 0.1) is 0 Å². The lowest BCUT2D eigenvalue weighted by atomic mass is 9.82. The zero-order valence-electron chi connectivity index (χ0n) is 15.6. The third-order valence-electron chi connectivity index (χ3n) is 5.30. The van der Waals surface area contributed by atoms with Crippen molar-refractivity contribution in [2.75, 3.05) is 24.6 Å². The highest BCUT2D eigenvalue weighted by Crippen LogP contribution is 2.32. The number of nitrogens with one attached hydrogen (secondary N) is 2. The van der Waals surface area contributed by atoms with Crippen LogP contribution in [0.1, 0.15) is 50.5 Å². The molecule has 3 rings (SSSR count). The van der Waals surface area contributed by atoms with Crippen molar-refractivity contribution in [3.63, 3.8) is 0 Å². The van der Waals surface area contributed by atoms with Gasteiger partial charge >= 0.3 is 0 Å². The van der Waals surface area contributed by atoms with Gasteiger partial charge in [0, 0.05) is 18.3 Å². The standard InChI is InChI=1S/C20H31N3OS.HI/c1-2-21-19(22-14-20(24)12-13-25-15-20)23-18-10-8-17(9-11-18)16-6-4-3-5-7-16;/h3-7,17-18,24H,2,8-15H2,1H3,(H2,21,22,23);1H. The van der Waals surface area contributed by atoms with Gasteiger partial charge in [0.2, 0.25) is 0 Å². The summed E-state index contributed by atoms with van der Waals surface area (Å²) in [6.07, 6.45) is 5.64. The van der Waals surface area contributed by atoms with Crippen LogP contribution < -0.4 is 10.6 Å². The third kappa shape index (κ3) is 6.30. The van der Waals surface area contributed by atoms with Gasteiger partial charge in [-0.25, -0.2) is 0 Å². The lowest BCUT2D eigenvalue weighted by Crippen LogP contribution is -2.45. The maximum Gasteiger partial charge on any atom is 0.191 e. The minimum Gasteiger partial charge on any atom is -0.387 e. The van der Waals surface area contributed by atoms with Crippen molar-refractivity contribution in [1.82, 2.24) is 10.6 Å². The van der Waals surface area contributed by atoms with Crippen LogP contribution in [0.4, 0.5) is 0 Å². The summed E-state index contributed by atoms with van der Waals surface area (Å²) in [5, 5.41) is 17.4.